The van der Waals surface area contributed by atoms with Crippen LogP contribution in [0.3, 0.4) is 0 Å². The fourth-order valence-corrected chi connectivity index (χ4v) is 1.71. The van der Waals surface area contributed by atoms with Crippen molar-refractivity contribution in [2.24, 2.45) is 0 Å². The smallest absolute Gasteiger partial charge is 0.205 e. The van der Waals surface area contributed by atoms with Crippen molar-refractivity contribution < 1.29 is 4.42 Å². The molecule has 0 amide bonds. The van der Waals surface area contributed by atoms with Crippen molar-refractivity contribution in [3.8, 4) is 0 Å². The molecule has 68 valence electrons. The summed E-state index contributed by atoms with van der Waals surface area (Å²) in [6.07, 6.45) is 0.993. The molecule has 0 aliphatic carbocycles. The maximum atomic E-state index is 5.62. The van der Waals surface area contributed by atoms with Crippen molar-refractivity contribution in [1.82, 2.24) is 4.98 Å². The van der Waals surface area contributed by atoms with Crippen LogP contribution in [0.5, 0.6) is 0 Å². The molecule has 0 aliphatic rings. The standard InChI is InChI=1S/C10H10INO/c1-2-7-4-3-5-8-10(7)13-9(6-11)12-8/h3-5H,2,6H2,1H3. The van der Waals surface area contributed by atoms with Crippen LogP contribution in [0.1, 0.15) is 18.4 Å². The Bertz CT molecular complexity index is 422. The SMILES string of the molecule is CCc1cccc2nc(CI)oc12. The van der Waals surface area contributed by atoms with E-state index < -0.39 is 0 Å². The number of hydrogen-bond acceptors (Lipinski definition) is 2. The molecule has 0 fully saturated rings. The van der Waals surface area contributed by atoms with Crippen molar-refractivity contribution in [1.29, 1.82) is 0 Å². The monoisotopic (exact) mass is 287 g/mol. The average molecular weight is 287 g/mol. The lowest BCUT2D eigenvalue weighted by atomic mass is 10.1. The van der Waals surface area contributed by atoms with Crippen LogP contribution in [0, 0.1) is 0 Å². The molecule has 3 heteroatoms. The van der Waals surface area contributed by atoms with Gasteiger partial charge in [0.2, 0.25) is 5.89 Å². The fraction of sp³-hybridized carbons (Fsp3) is 0.300. The molecule has 1 heterocycles. The number of alkyl halides is 1. The zero-order chi connectivity index (χ0) is 9.26. The first kappa shape index (κ1) is 8.99. The van der Waals surface area contributed by atoms with Crippen LogP contribution in [-0.4, -0.2) is 4.98 Å². The Morgan fingerprint density at radius 1 is 1.46 bits per heavy atom. The number of halogens is 1. The minimum absolute atomic E-state index is 0.816. The molecule has 0 radical (unpaired) electrons. The highest BCUT2D eigenvalue weighted by Gasteiger charge is 2.06. The van der Waals surface area contributed by atoms with Gasteiger partial charge in [0.25, 0.3) is 0 Å². The van der Waals surface area contributed by atoms with Crippen LogP contribution in [0.25, 0.3) is 11.1 Å². The Hall–Kier alpha value is -0.580. The number of hydrogen-bond donors (Lipinski definition) is 0. The van der Waals surface area contributed by atoms with Gasteiger partial charge in [-0.1, -0.05) is 41.6 Å². The van der Waals surface area contributed by atoms with Gasteiger partial charge < -0.3 is 4.42 Å². The molecular weight excluding hydrogens is 277 g/mol. The number of oxazole rings is 1. The van der Waals surface area contributed by atoms with E-state index in [9.17, 15) is 0 Å². The van der Waals surface area contributed by atoms with Gasteiger partial charge in [0, 0.05) is 0 Å². The minimum Gasteiger partial charge on any atom is -0.440 e. The minimum atomic E-state index is 0.816. The highest BCUT2D eigenvalue weighted by atomic mass is 127. The van der Waals surface area contributed by atoms with Crippen molar-refractivity contribution in [2.75, 3.05) is 0 Å². The molecule has 1 aromatic carbocycles. The highest BCUT2D eigenvalue weighted by Crippen LogP contribution is 2.21. The predicted molar refractivity (Wildman–Crippen MR) is 61.1 cm³/mol. The normalized spacial score (nSPS) is 10.9. The third-order valence-electron chi connectivity index (χ3n) is 2.04. The fourth-order valence-electron chi connectivity index (χ4n) is 1.39. The molecule has 1 aromatic heterocycles. The second-order valence-electron chi connectivity index (χ2n) is 2.86. The first-order valence-electron chi connectivity index (χ1n) is 4.28. The molecule has 2 aromatic rings. The summed E-state index contributed by atoms with van der Waals surface area (Å²) in [6.45, 7) is 2.13. The maximum Gasteiger partial charge on any atom is 0.205 e. The Balaban J connectivity index is 2.67. The van der Waals surface area contributed by atoms with Crippen molar-refractivity contribution in [3.63, 3.8) is 0 Å². The third kappa shape index (κ3) is 1.57. The van der Waals surface area contributed by atoms with Crippen molar-refractivity contribution in [2.45, 2.75) is 17.8 Å². The summed E-state index contributed by atoms with van der Waals surface area (Å²) in [6, 6.07) is 6.11. The molecule has 0 N–H and O–H groups in total. The van der Waals surface area contributed by atoms with Crippen LogP contribution in [-0.2, 0) is 10.8 Å². The zero-order valence-corrected chi connectivity index (χ0v) is 9.54. The number of para-hydroxylation sites is 1. The maximum absolute atomic E-state index is 5.62. The largest absolute Gasteiger partial charge is 0.440 e. The number of benzene rings is 1. The third-order valence-corrected chi connectivity index (χ3v) is 2.69. The van der Waals surface area contributed by atoms with Gasteiger partial charge in [-0.05, 0) is 18.1 Å². The predicted octanol–water partition coefficient (Wildman–Crippen LogP) is 3.33. The first-order valence-corrected chi connectivity index (χ1v) is 5.81. The summed E-state index contributed by atoms with van der Waals surface area (Å²) in [5.74, 6) is 0.816. The molecule has 0 atom stereocenters. The lowest BCUT2D eigenvalue weighted by Crippen LogP contribution is -1.79. The number of nitrogens with zero attached hydrogens (tertiary/aromatic N) is 1. The number of aromatic nitrogens is 1. The summed E-state index contributed by atoms with van der Waals surface area (Å²) in [4.78, 5) is 4.37. The van der Waals surface area contributed by atoms with E-state index in [1.54, 1.807) is 0 Å². The van der Waals surface area contributed by atoms with Gasteiger partial charge in [0.1, 0.15) is 5.52 Å². The van der Waals surface area contributed by atoms with E-state index in [2.05, 4.69) is 40.6 Å². The van der Waals surface area contributed by atoms with Gasteiger partial charge in [0.05, 0.1) is 4.43 Å². The van der Waals surface area contributed by atoms with E-state index in [0.717, 1.165) is 27.8 Å². The first-order chi connectivity index (χ1) is 6.35. The van der Waals surface area contributed by atoms with Gasteiger partial charge in [-0.25, -0.2) is 4.98 Å². The van der Waals surface area contributed by atoms with Gasteiger partial charge >= 0.3 is 0 Å². The molecule has 2 rings (SSSR count). The Morgan fingerprint density at radius 3 is 3.00 bits per heavy atom. The van der Waals surface area contributed by atoms with Crippen molar-refractivity contribution in [3.05, 3.63) is 29.7 Å². The molecule has 2 nitrogen and oxygen atoms in total. The van der Waals surface area contributed by atoms with Gasteiger partial charge in [-0.3, -0.25) is 0 Å². The summed E-state index contributed by atoms with van der Waals surface area (Å²) >= 11 is 2.26. The zero-order valence-electron chi connectivity index (χ0n) is 7.38. The second kappa shape index (κ2) is 3.65. The van der Waals surface area contributed by atoms with Crippen LogP contribution in [0.2, 0.25) is 0 Å². The molecular formula is C10H10INO. The summed E-state index contributed by atoms with van der Waals surface area (Å²) in [7, 11) is 0. The Morgan fingerprint density at radius 2 is 2.31 bits per heavy atom. The van der Waals surface area contributed by atoms with Crippen LogP contribution in [0.4, 0.5) is 0 Å². The molecule has 13 heavy (non-hydrogen) atoms. The summed E-state index contributed by atoms with van der Waals surface area (Å²) < 4.78 is 6.45. The Kier molecular flexibility index (Phi) is 2.53. The van der Waals surface area contributed by atoms with Gasteiger partial charge in [-0.15, -0.1) is 0 Å². The van der Waals surface area contributed by atoms with Crippen molar-refractivity contribution >= 4 is 33.7 Å². The lowest BCUT2D eigenvalue weighted by molar-refractivity contribution is 0.556. The average Bonchev–Trinajstić information content (AvgIpc) is 2.59. The van der Waals surface area contributed by atoms with Crippen LogP contribution < -0.4 is 0 Å². The van der Waals surface area contributed by atoms with E-state index in [4.69, 9.17) is 4.42 Å². The van der Waals surface area contributed by atoms with E-state index in [0.29, 0.717) is 0 Å². The van der Waals surface area contributed by atoms with E-state index in [1.807, 2.05) is 12.1 Å². The number of rotatable bonds is 2. The van der Waals surface area contributed by atoms with Crippen LogP contribution in [0.15, 0.2) is 22.6 Å². The van der Waals surface area contributed by atoms with Crippen LogP contribution >= 0.6 is 22.6 Å². The molecule has 0 saturated heterocycles. The Labute approximate surface area is 90.5 Å². The number of fused-ring (bicyclic) bond motifs is 1. The molecule has 0 spiro atoms. The highest BCUT2D eigenvalue weighted by molar-refractivity contribution is 14.1. The number of aryl methyl sites for hydroxylation is 1. The van der Waals surface area contributed by atoms with E-state index in [-0.39, 0.29) is 0 Å². The summed E-state index contributed by atoms with van der Waals surface area (Å²) in [5, 5.41) is 0. The van der Waals surface area contributed by atoms with Gasteiger partial charge in [0.15, 0.2) is 5.58 Å². The van der Waals surface area contributed by atoms with Gasteiger partial charge in [-0.2, -0.15) is 0 Å². The molecule has 0 aliphatic heterocycles. The topological polar surface area (TPSA) is 26.0 Å². The second-order valence-corrected chi connectivity index (χ2v) is 3.62. The quantitative estimate of drug-likeness (QED) is 0.625. The molecule has 0 bridgehead atoms. The van der Waals surface area contributed by atoms with E-state index >= 15 is 0 Å². The van der Waals surface area contributed by atoms with E-state index in [1.165, 1.54) is 5.56 Å². The molecule has 0 saturated carbocycles. The molecule has 0 unspecified atom stereocenters. The lowest BCUT2D eigenvalue weighted by Gasteiger charge is -1.94. The summed E-state index contributed by atoms with van der Waals surface area (Å²) in [5.41, 5.74) is 3.17.